The molecule has 0 fully saturated rings. The van der Waals surface area contributed by atoms with Crippen LogP contribution in [0.2, 0.25) is 0 Å². The Kier molecular flexibility index (Phi) is 5.57. The van der Waals surface area contributed by atoms with Crippen molar-refractivity contribution in [1.29, 1.82) is 0 Å². The summed E-state index contributed by atoms with van der Waals surface area (Å²) in [7, 11) is -1.60. The summed E-state index contributed by atoms with van der Waals surface area (Å²) in [6, 6.07) is 10.6. The van der Waals surface area contributed by atoms with Gasteiger partial charge in [-0.15, -0.1) is 11.3 Å². The number of thiophene rings is 1. The number of rotatable bonds is 7. The zero-order valence-electron chi connectivity index (χ0n) is 12.6. The van der Waals surface area contributed by atoms with Crippen LogP contribution in [0, 0.1) is 0 Å². The molecule has 0 saturated carbocycles. The average molecular weight is 340 g/mol. The molecule has 0 unspecified atom stereocenters. The van der Waals surface area contributed by atoms with Crippen LogP contribution in [-0.4, -0.2) is 33.5 Å². The van der Waals surface area contributed by atoms with E-state index in [9.17, 15) is 8.42 Å². The summed E-state index contributed by atoms with van der Waals surface area (Å²) in [5, 5.41) is 7.12. The van der Waals surface area contributed by atoms with Gasteiger partial charge in [-0.2, -0.15) is 0 Å². The van der Waals surface area contributed by atoms with Crippen LogP contribution in [0.25, 0.3) is 0 Å². The van der Waals surface area contributed by atoms with Crippen molar-refractivity contribution in [2.24, 2.45) is 5.14 Å². The van der Waals surface area contributed by atoms with E-state index in [1.807, 2.05) is 6.07 Å². The molecule has 0 aliphatic rings. The number of hydrogen-bond donors (Lipinski definition) is 1. The van der Waals surface area contributed by atoms with Crippen LogP contribution in [-0.2, 0) is 10.0 Å². The zero-order chi connectivity index (χ0) is 16.2. The molecule has 0 aliphatic carbocycles. The van der Waals surface area contributed by atoms with Crippen LogP contribution in [0.5, 0.6) is 5.75 Å². The first-order chi connectivity index (χ1) is 10.4. The Morgan fingerprint density at radius 3 is 2.50 bits per heavy atom. The lowest BCUT2D eigenvalue weighted by atomic mass is 10.2. The molecule has 0 aliphatic heterocycles. The van der Waals surface area contributed by atoms with Gasteiger partial charge in [0.15, 0.2) is 0 Å². The zero-order valence-corrected chi connectivity index (χ0v) is 14.2. The van der Waals surface area contributed by atoms with Crippen molar-refractivity contribution in [2.75, 3.05) is 20.2 Å². The molecule has 0 amide bonds. The van der Waals surface area contributed by atoms with Gasteiger partial charge in [-0.25, -0.2) is 13.6 Å². The number of nitrogens with zero attached hydrogens (tertiary/aromatic N) is 1. The Balaban J connectivity index is 1.83. The molecule has 2 aromatic rings. The molecule has 1 heterocycles. The van der Waals surface area contributed by atoms with Gasteiger partial charge in [-0.05, 0) is 49.7 Å². The number of sulfonamides is 1. The van der Waals surface area contributed by atoms with Gasteiger partial charge in [-0.1, -0.05) is 6.07 Å². The monoisotopic (exact) mass is 340 g/mol. The number of likely N-dealkylation sites (N-methyl/N-ethyl adjacent to an activating group) is 1. The SMILES string of the molecule is C[C@@H](c1cccs1)N(C)CCOc1ccc(S(N)(=O)=O)cc1. The van der Waals surface area contributed by atoms with Crippen molar-refractivity contribution in [3.8, 4) is 5.75 Å². The number of primary sulfonamides is 1. The Morgan fingerprint density at radius 1 is 1.27 bits per heavy atom. The van der Waals surface area contributed by atoms with E-state index in [1.54, 1.807) is 23.5 Å². The molecule has 1 aromatic heterocycles. The standard InChI is InChI=1S/C15H20N2O3S2/c1-12(15-4-3-11-21-15)17(2)9-10-20-13-5-7-14(8-6-13)22(16,18)19/h3-8,11-12H,9-10H2,1-2H3,(H2,16,18,19)/t12-/m0/s1. The minimum absolute atomic E-state index is 0.0864. The summed E-state index contributed by atoms with van der Waals surface area (Å²) in [6.45, 7) is 3.46. The van der Waals surface area contributed by atoms with Crippen molar-refractivity contribution in [3.63, 3.8) is 0 Å². The molecule has 0 spiro atoms. The summed E-state index contributed by atoms with van der Waals surface area (Å²) in [6.07, 6.45) is 0. The fourth-order valence-electron chi connectivity index (χ4n) is 1.97. The van der Waals surface area contributed by atoms with E-state index in [1.165, 1.54) is 17.0 Å². The topological polar surface area (TPSA) is 72.6 Å². The predicted molar refractivity (Wildman–Crippen MR) is 88.7 cm³/mol. The third-order valence-corrected chi connectivity index (χ3v) is 5.45. The quantitative estimate of drug-likeness (QED) is 0.840. The predicted octanol–water partition coefficient (Wildman–Crippen LogP) is 2.47. The number of hydrogen-bond acceptors (Lipinski definition) is 5. The maximum absolute atomic E-state index is 11.2. The van der Waals surface area contributed by atoms with Crippen LogP contribution in [0.3, 0.4) is 0 Å². The fourth-order valence-corrected chi connectivity index (χ4v) is 3.34. The van der Waals surface area contributed by atoms with E-state index >= 15 is 0 Å². The highest BCUT2D eigenvalue weighted by atomic mass is 32.2. The van der Waals surface area contributed by atoms with Gasteiger partial charge in [0, 0.05) is 17.5 Å². The molecule has 22 heavy (non-hydrogen) atoms. The van der Waals surface area contributed by atoms with Crippen molar-refractivity contribution < 1.29 is 13.2 Å². The molecule has 120 valence electrons. The normalized spacial score (nSPS) is 13.3. The highest BCUT2D eigenvalue weighted by molar-refractivity contribution is 7.89. The third kappa shape index (κ3) is 4.54. The maximum atomic E-state index is 11.2. The summed E-state index contributed by atoms with van der Waals surface area (Å²) in [5.41, 5.74) is 0. The highest BCUT2D eigenvalue weighted by Crippen LogP contribution is 2.23. The lowest BCUT2D eigenvalue weighted by molar-refractivity contribution is 0.202. The van der Waals surface area contributed by atoms with E-state index in [0.717, 1.165) is 6.54 Å². The lowest BCUT2D eigenvalue weighted by Crippen LogP contribution is -2.26. The Bertz CT molecular complexity index is 682. The fraction of sp³-hybridized carbons (Fsp3) is 0.333. The maximum Gasteiger partial charge on any atom is 0.238 e. The molecular weight excluding hydrogens is 320 g/mol. The van der Waals surface area contributed by atoms with Crippen LogP contribution in [0.4, 0.5) is 0 Å². The van der Waals surface area contributed by atoms with E-state index in [4.69, 9.17) is 9.88 Å². The summed E-state index contributed by atoms with van der Waals surface area (Å²) in [5.74, 6) is 0.629. The van der Waals surface area contributed by atoms with Crippen molar-refractivity contribution in [1.82, 2.24) is 4.90 Å². The van der Waals surface area contributed by atoms with Gasteiger partial charge in [0.25, 0.3) is 0 Å². The number of benzene rings is 1. The minimum atomic E-state index is -3.65. The largest absolute Gasteiger partial charge is 0.492 e. The van der Waals surface area contributed by atoms with E-state index in [-0.39, 0.29) is 4.90 Å². The second-order valence-corrected chi connectivity index (χ2v) is 7.58. The molecule has 1 aromatic carbocycles. The number of nitrogens with two attached hydrogens (primary N) is 1. The molecular formula is C15H20N2O3S2. The smallest absolute Gasteiger partial charge is 0.238 e. The van der Waals surface area contributed by atoms with Crippen LogP contribution in [0.15, 0.2) is 46.7 Å². The van der Waals surface area contributed by atoms with Gasteiger partial charge in [0.1, 0.15) is 12.4 Å². The third-order valence-electron chi connectivity index (χ3n) is 3.48. The summed E-state index contributed by atoms with van der Waals surface area (Å²) >= 11 is 1.74. The first-order valence-corrected chi connectivity index (χ1v) is 9.30. The second kappa shape index (κ2) is 7.23. The van der Waals surface area contributed by atoms with Gasteiger partial charge < -0.3 is 4.74 Å². The minimum Gasteiger partial charge on any atom is -0.492 e. The first-order valence-electron chi connectivity index (χ1n) is 6.87. The molecule has 0 radical (unpaired) electrons. The molecule has 5 nitrogen and oxygen atoms in total. The Hall–Kier alpha value is -1.41. The molecule has 2 rings (SSSR count). The van der Waals surface area contributed by atoms with Crippen molar-refractivity contribution in [3.05, 3.63) is 46.7 Å². The highest BCUT2D eigenvalue weighted by Gasteiger charge is 2.12. The van der Waals surface area contributed by atoms with Crippen molar-refractivity contribution >= 4 is 21.4 Å². The first kappa shape index (κ1) is 17.0. The number of ether oxygens (including phenoxy) is 1. The molecule has 0 saturated heterocycles. The van der Waals surface area contributed by atoms with Gasteiger partial charge in [0.05, 0.1) is 4.90 Å². The van der Waals surface area contributed by atoms with E-state index < -0.39 is 10.0 Å². The van der Waals surface area contributed by atoms with E-state index in [2.05, 4.69) is 30.3 Å². The van der Waals surface area contributed by atoms with Gasteiger partial charge in [-0.3, -0.25) is 4.90 Å². The van der Waals surface area contributed by atoms with E-state index in [0.29, 0.717) is 18.4 Å². The van der Waals surface area contributed by atoms with Crippen molar-refractivity contribution in [2.45, 2.75) is 17.9 Å². The molecule has 1 atom stereocenters. The van der Waals surface area contributed by atoms with Crippen LogP contribution < -0.4 is 9.88 Å². The molecule has 7 heteroatoms. The Morgan fingerprint density at radius 2 is 1.95 bits per heavy atom. The summed E-state index contributed by atoms with van der Waals surface area (Å²) < 4.78 is 28.0. The molecule has 0 bridgehead atoms. The summed E-state index contributed by atoms with van der Waals surface area (Å²) in [4.78, 5) is 3.62. The molecule has 2 N–H and O–H groups in total. The van der Waals surface area contributed by atoms with Gasteiger partial charge >= 0.3 is 0 Å². The van der Waals surface area contributed by atoms with Gasteiger partial charge in [0.2, 0.25) is 10.0 Å². The lowest BCUT2D eigenvalue weighted by Gasteiger charge is -2.23. The van der Waals surface area contributed by atoms with Crippen LogP contribution >= 0.6 is 11.3 Å². The Labute approximate surface area is 135 Å². The van der Waals surface area contributed by atoms with Crippen LogP contribution in [0.1, 0.15) is 17.8 Å². The second-order valence-electron chi connectivity index (χ2n) is 5.04. The average Bonchev–Trinajstić information content (AvgIpc) is 3.00.